The molecule has 2 atom stereocenters. The maximum atomic E-state index is 5.87. The highest BCUT2D eigenvalue weighted by atomic mass is 32.2. The largest absolute Gasteiger partial charge is 0.440 e. The molecule has 2 aromatic heterocycles. The lowest BCUT2D eigenvalue weighted by Crippen LogP contribution is -1.95. The van der Waals surface area contributed by atoms with Crippen LogP contribution in [0.3, 0.4) is 0 Å². The smallest absolute Gasteiger partial charge is 0.239 e. The first-order valence-electron chi connectivity index (χ1n) is 7.10. The number of rotatable bonds is 5. The predicted molar refractivity (Wildman–Crippen MR) is 85.4 cm³/mol. The van der Waals surface area contributed by atoms with Crippen LogP contribution in [0.2, 0.25) is 0 Å². The molecule has 0 radical (unpaired) electrons. The Morgan fingerprint density at radius 3 is 2.45 bits per heavy atom. The lowest BCUT2D eigenvalue weighted by molar-refractivity contribution is 0.376. The average molecular weight is 315 g/mol. The van der Waals surface area contributed by atoms with Crippen molar-refractivity contribution < 1.29 is 8.94 Å². The minimum Gasteiger partial charge on any atom is -0.440 e. The van der Waals surface area contributed by atoms with Crippen LogP contribution < -0.4 is 0 Å². The van der Waals surface area contributed by atoms with Crippen LogP contribution in [0, 0.1) is 6.92 Å². The first-order chi connectivity index (χ1) is 10.6. The predicted octanol–water partition coefficient (Wildman–Crippen LogP) is 4.59. The van der Waals surface area contributed by atoms with Gasteiger partial charge in [0.1, 0.15) is 0 Å². The van der Waals surface area contributed by atoms with E-state index >= 15 is 0 Å². The van der Waals surface area contributed by atoms with Gasteiger partial charge in [0, 0.05) is 5.56 Å². The number of hydrogen-bond donors (Lipinski definition) is 0. The van der Waals surface area contributed by atoms with Gasteiger partial charge >= 0.3 is 0 Å². The highest BCUT2D eigenvalue weighted by Crippen LogP contribution is 2.39. The molecule has 0 amide bonds. The summed E-state index contributed by atoms with van der Waals surface area (Å²) in [4.78, 5) is 8.65. The van der Waals surface area contributed by atoms with E-state index in [0.717, 1.165) is 11.3 Å². The van der Waals surface area contributed by atoms with Gasteiger partial charge in [-0.2, -0.15) is 4.98 Å². The standard InChI is InChI=1S/C16H17N3O2S/c1-10(22-11(2)16-18-12(3)19-21-16)15-17-9-14(20-15)13-7-5-4-6-8-13/h4-11H,1-3H3/t10-,11-/m1/s1. The Balaban J connectivity index is 1.70. The van der Waals surface area contributed by atoms with Crippen molar-refractivity contribution >= 4 is 11.8 Å². The minimum atomic E-state index is 0.0864. The van der Waals surface area contributed by atoms with Crippen LogP contribution in [0.4, 0.5) is 0 Å². The molecule has 0 N–H and O–H groups in total. The summed E-state index contributed by atoms with van der Waals surface area (Å²) in [7, 11) is 0. The molecule has 0 aliphatic rings. The van der Waals surface area contributed by atoms with Crippen molar-refractivity contribution in [2.75, 3.05) is 0 Å². The molecule has 0 aliphatic carbocycles. The van der Waals surface area contributed by atoms with Crippen molar-refractivity contribution in [3.8, 4) is 11.3 Å². The molecule has 0 aliphatic heterocycles. The molecule has 3 aromatic rings. The summed E-state index contributed by atoms with van der Waals surface area (Å²) in [6.07, 6.45) is 1.77. The van der Waals surface area contributed by atoms with Crippen LogP contribution in [0.15, 0.2) is 45.5 Å². The number of aromatic nitrogens is 3. The van der Waals surface area contributed by atoms with Gasteiger partial charge in [0.05, 0.1) is 16.7 Å². The molecule has 5 nitrogen and oxygen atoms in total. The second kappa shape index (κ2) is 6.36. The lowest BCUT2D eigenvalue weighted by atomic mass is 10.2. The molecule has 114 valence electrons. The van der Waals surface area contributed by atoms with Crippen LogP contribution in [0.5, 0.6) is 0 Å². The van der Waals surface area contributed by atoms with Gasteiger partial charge in [-0.05, 0) is 20.8 Å². The van der Waals surface area contributed by atoms with Crippen molar-refractivity contribution in [2.45, 2.75) is 31.3 Å². The molecule has 6 heteroatoms. The Bertz CT molecular complexity index is 739. The summed E-state index contributed by atoms with van der Waals surface area (Å²) in [6, 6.07) is 9.95. The summed E-state index contributed by atoms with van der Waals surface area (Å²) in [5, 5.41) is 4.01. The van der Waals surface area contributed by atoms with E-state index in [4.69, 9.17) is 8.94 Å². The summed E-state index contributed by atoms with van der Waals surface area (Å²) < 4.78 is 11.1. The van der Waals surface area contributed by atoms with Crippen molar-refractivity contribution in [1.29, 1.82) is 0 Å². The quantitative estimate of drug-likeness (QED) is 0.686. The SMILES string of the molecule is Cc1noc([C@@H](C)S[C@H](C)c2ncc(-c3ccccc3)o2)n1. The van der Waals surface area contributed by atoms with Crippen LogP contribution in [-0.4, -0.2) is 15.1 Å². The summed E-state index contributed by atoms with van der Waals surface area (Å²) in [5.41, 5.74) is 1.03. The van der Waals surface area contributed by atoms with Gasteiger partial charge in [0.2, 0.25) is 11.8 Å². The van der Waals surface area contributed by atoms with E-state index in [1.165, 1.54) is 0 Å². The first-order valence-corrected chi connectivity index (χ1v) is 8.04. The molecule has 1 aromatic carbocycles. The van der Waals surface area contributed by atoms with Gasteiger partial charge < -0.3 is 8.94 Å². The summed E-state index contributed by atoms with van der Waals surface area (Å²) >= 11 is 1.68. The number of thioether (sulfide) groups is 1. The third-order valence-electron chi connectivity index (χ3n) is 3.23. The molecule has 0 saturated carbocycles. The summed E-state index contributed by atoms with van der Waals surface area (Å²) in [6.45, 7) is 5.91. The second-order valence-electron chi connectivity index (χ2n) is 5.03. The number of benzene rings is 1. The molecule has 22 heavy (non-hydrogen) atoms. The fourth-order valence-corrected chi connectivity index (χ4v) is 3.16. The van der Waals surface area contributed by atoms with E-state index in [9.17, 15) is 0 Å². The molecule has 0 spiro atoms. The van der Waals surface area contributed by atoms with Gasteiger partial charge in [-0.25, -0.2) is 4.98 Å². The van der Waals surface area contributed by atoms with E-state index in [2.05, 4.69) is 22.0 Å². The minimum absolute atomic E-state index is 0.0864. The zero-order chi connectivity index (χ0) is 15.5. The van der Waals surface area contributed by atoms with Crippen LogP contribution in [0.1, 0.15) is 42.0 Å². The molecule has 0 bridgehead atoms. The summed E-state index contributed by atoms with van der Waals surface area (Å²) in [5.74, 6) is 2.76. The highest BCUT2D eigenvalue weighted by molar-refractivity contribution is 7.99. The zero-order valence-electron chi connectivity index (χ0n) is 12.7. The van der Waals surface area contributed by atoms with Crippen LogP contribution >= 0.6 is 11.8 Å². The number of nitrogens with zero attached hydrogens (tertiary/aromatic N) is 3. The Hall–Kier alpha value is -2.08. The van der Waals surface area contributed by atoms with E-state index in [1.807, 2.05) is 44.2 Å². The van der Waals surface area contributed by atoms with Crippen molar-refractivity contribution in [3.63, 3.8) is 0 Å². The molecular formula is C16H17N3O2S. The molecular weight excluding hydrogens is 298 g/mol. The van der Waals surface area contributed by atoms with Gasteiger partial charge in [0.15, 0.2) is 11.6 Å². The highest BCUT2D eigenvalue weighted by Gasteiger charge is 2.21. The topological polar surface area (TPSA) is 65.0 Å². The fourth-order valence-electron chi connectivity index (χ4n) is 2.11. The van der Waals surface area contributed by atoms with Crippen molar-refractivity contribution in [2.24, 2.45) is 0 Å². The normalized spacial score (nSPS) is 14.0. The van der Waals surface area contributed by atoms with Crippen LogP contribution in [-0.2, 0) is 0 Å². The number of hydrogen-bond acceptors (Lipinski definition) is 6. The van der Waals surface area contributed by atoms with Gasteiger partial charge in [-0.1, -0.05) is 35.5 Å². The molecule has 0 saturated heterocycles. The zero-order valence-corrected chi connectivity index (χ0v) is 13.5. The van der Waals surface area contributed by atoms with Gasteiger partial charge in [-0.3, -0.25) is 0 Å². The average Bonchev–Trinajstić information content (AvgIpc) is 3.17. The van der Waals surface area contributed by atoms with E-state index in [1.54, 1.807) is 18.0 Å². The molecule has 3 rings (SSSR count). The Morgan fingerprint density at radius 1 is 1.05 bits per heavy atom. The lowest BCUT2D eigenvalue weighted by Gasteiger charge is -2.11. The fraction of sp³-hybridized carbons (Fsp3) is 0.312. The van der Waals surface area contributed by atoms with E-state index in [0.29, 0.717) is 17.6 Å². The maximum Gasteiger partial charge on any atom is 0.239 e. The van der Waals surface area contributed by atoms with Crippen molar-refractivity contribution in [3.05, 3.63) is 54.1 Å². The molecule has 0 unspecified atom stereocenters. The first kappa shape index (κ1) is 14.8. The molecule has 2 heterocycles. The monoisotopic (exact) mass is 315 g/mol. The van der Waals surface area contributed by atoms with Gasteiger partial charge in [0.25, 0.3) is 0 Å². The van der Waals surface area contributed by atoms with Crippen molar-refractivity contribution in [1.82, 2.24) is 15.1 Å². The Kier molecular flexibility index (Phi) is 4.29. The number of aryl methyl sites for hydroxylation is 1. The molecule has 0 fully saturated rings. The third-order valence-corrected chi connectivity index (χ3v) is 4.45. The van der Waals surface area contributed by atoms with E-state index < -0.39 is 0 Å². The van der Waals surface area contributed by atoms with E-state index in [-0.39, 0.29) is 10.5 Å². The van der Waals surface area contributed by atoms with Gasteiger partial charge in [-0.15, -0.1) is 11.8 Å². The third kappa shape index (κ3) is 3.22. The number of oxazole rings is 1. The second-order valence-corrected chi connectivity index (χ2v) is 6.72. The Labute approximate surface area is 133 Å². The van der Waals surface area contributed by atoms with Crippen LogP contribution in [0.25, 0.3) is 11.3 Å². The Morgan fingerprint density at radius 2 is 1.77 bits per heavy atom. The maximum absolute atomic E-state index is 5.87.